The molecule has 4 heteroatoms. The number of nitrogens with one attached hydrogen (secondary N) is 1. The fraction of sp³-hybridized carbons (Fsp3) is 0.500. The quantitative estimate of drug-likeness (QED) is 0.749. The molecule has 1 aromatic rings. The van der Waals surface area contributed by atoms with Crippen LogP contribution in [0.5, 0.6) is 0 Å². The molecule has 0 amide bonds. The minimum atomic E-state index is -0.708. The Labute approximate surface area is 88.9 Å². The van der Waals surface area contributed by atoms with Crippen LogP contribution in [0.15, 0.2) is 23.2 Å². The fourth-order valence-corrected chi connectivity index (χ4v) is 1.27. The van der Waals surface area contributed by atoms with Crippen molar-refractivity contribution in [1.29, 1.82) is 0 Å². The normalized spacial score (nSPS) is 11.4. The molecule has 0 aromatic carbocycles. The van der Waals surface area contributed by atoms with Gasteiger partial charge in [0.1, 0.15) is 5.82 Å². The van der Waals surface area contributed by atoms with E-state index in [1.807, 2.05) is 24.6 Å². The van der Waals surface area contributed by atoms with E-state index in [0.29, 0.717) is 6.54 Å². The molecule has 14 heavy (non-hydrogen) atoms. The molecule has 3 nitrogen and oxygen atoms in total. The zero-order valence-corrected chi connectivity index (χ0v) is 9.56. The second-order valence-corrected chi connectivity index (χ2v) is 4.63. The average Bonchev–Trinajstić information content (AvgIpc) is 2.14. The van der Waals surface area contributed by atoms with Gasteiger partial charge < -0.3 is 10.4 Å². The first-order chi connectivity index (χ1) is 6.51. The van der Waals surface area contributed by atoms with Gasteiger partial charge >= 0.3 is 0 Å². The van der Waals surface area contributed by atoms with Gasteiger partial charge in [-0.25, -0.2) is 4.98 Å². The van der Waals surface area contributed by atoms with Gasteiger partial charge in [0.15, 0.2) is 0 Å². The van der Waals surface area contributed by atoms with Crippen molar-refractivity contribution in [3.8, 4) is 0 Å². The summed E-state index contributed by atoms with van der Waals surface area (Å²) in [4.78, 5) is 5.35. The molecule has 1 aromatic heterocycles. The van der Waals surface area contributed by atoms with Crippen LogP contribution in [0.4, 0.5) is 5.82 Å². The Hall–Kier alpha value is -0.740. The van der Waals surface area contributed by atoms with E-state index < -0.39 is 5.60 Å². The zero-order chi connectivity index (χ0) is 10.6. The van der Waals surface area contributed by atoms with Crippen LogP contribution >= 0.6 is 11.8 Å². The second kappa shape index (κ2) is 4.66. The van der Waals surface area contributed by atoms with E-state index in [1.165, 1.54) is 0 Å². The van der Waals surface area contributed by atoms with Crippen molar-refractivity contribution < 1.29 is 5.11 Å². The molecular formula is C10H16N2OS. The molecule has 0 aliphatic carbocycles. The summed E-state index contributed by atoms with van der Waals surface area (Å²) >= 11 is 1.66. The van der Waals surface area contributed by atoms with E-state index in [4.69, 9.17) is 0 Å². The summed E-state index contributed by atoms with van der Waals surface area (Å²) in [6.07, 6.45) is 3.83. The third-order valence-corrected chi connectivity index (χ3v) is 2.39. The molecule has 0 atom stereocenters. The van der Waals surface area contributed by atoms with E-state index in [9.17, 15) is 5.11 Å². The van der Waals surface area contributed by atoms with Crippen molar-refractivity contribution in [2.24, 2.45) is 0 Å². The zero-order valence-electron chi connectivity index (χ0n) is 8.74. The maximum absolute atomic E-state index is 9.49. The Morgan fingerprint density at radius 3 is 2.64 bits per heavy atom. The van der Waals surface area contributed by atoms with E-state index >= 15 is 0 Å². The number of nitrogens with zero attached hydrogens (tertiary/aromatic N) is 1. The topological polar surface area (TPSA) is 45.1 Å². The molecule has 0 saturated carbocycles. The third kappa shape index (κ3) is 3.98. The van der Waals surface area contributed by atoms with Crippen LogP contribution in [0.25, 0.3) is 0 Å². The first-order valence-corrected chi connectivity index (χ1v) is 5.70. The van der Waals surface area contributed by atoms with Crippen molar-refractivity contribution in [3.05, 3.63) is 18.3 Å². The summed E-state index contributed by atoms with van der Waals surface area (Å²) in [6.45, 7) is 4.02. The lowest BCUT2D eigenvalue weighted by atomic mass is 10.1. The molecule has 0 unspecified atom stereocenters. The minimum absolute atomic E-state index is 0.499. The van der Waals surface area contributed by atoms with Gasteiger partial charge in [0.25, 0.3) is 0 Å². The Morgan fingerprint density at radius 1 is 1.50 bits per heavy atom. The maximum atomic E-state index is 9.49. The van der Waals surface area contributed by atoms with Crippen LogP contribution in [0.3, 0.4) is 0 Å². The number of pyridine rings is 1. The van der Waals surface area contributed by atoms with E-state index in [2.05, 4.69) is 10.3 Å². The van der Waals surface area contributed by atoms with Gasteiger partial charge in [0, 0.05) is 17.6 Å². The molecule has 0 radical (unpaired) electrons. The van der Waals surface area contributed by atoms with Gasteiger partial charge in [-0.3, -0.25) is 0 Å². The van der Waals surface area contributed by atoms with Crippen LogP contribution in [-0.4, -0.2) is 28.5 Å². The fourth-order valence-electron chi connectivity index (χ4n) is 0.912. The largest absolute Gasteiger partial charge is 0.389 e. The summed E-state index contributed by atoms with van der Waals surface area (Å²) in [6, 6.07) is 3.92. The van der Waals surface area contributed by atoms with Crippen molar-refractivity contribution in [2.75, 3.05) is 18.1 Å². The monoisotopic (exact) mass is 212 g/mol. The molecule has 0 aliphatic rings. The number of aromatic nitrogens is 1. The summed E-state index contributed by atoms with van der Waals surface area (Å²) in [5.74, 6) is 0.796. The molecule has 1 heterocycles. The summed E-state index contributed by atoms with van der Waals surface area (Å²) in [5, 5.41) is 12.6. The summed E-state index contributed by atoms with van der Waals surface area (Å²) < 4.78 is 0. The number of thioether (sulfide) groups is 1. The van der Waals surface area contributed by atoms with Gasteiger partial charge in [0.2, 0.25) is 0 Å². The van der Waals surface area contributed by atoms with E-state index in [-0.39, 0.29) is 0 Å². The van der Waals surface area contributed by atoms with Crippen LogP contribution in [-0.2, 0) is 0 Å². The van der Waals surface area contributed by atoms with Crippen molar-refractivity contribution >= 4 is 17.6 Å². The van der Waals surface area contributed by atoms with Crippen LogP contribution in [0.1, 0.15) is 13.8 Å². The standard InChI is InChI=1S/C10H16N2OS/c1-10(2,13)7-12-9-5-4-8(14-3)6-11-9/h4-6,13H,7H2,1-3H3,(H,11,12). The molecule has 1 rings (SSSR count). The molecule has 2 N–H and O–H groups in total. The molecule has 0 aliphatic heterocycles. The SMILES string of the molecule is CSc1ccc(NCC(C)(C)O)nc1. The van der Waals surface area contributed by atoms with Gasteiger partial charge in [0.05, 0.1) is 5.60 Å². The summed E-state index contributed by atoms with van der Waals surface area (Å²) in [7, 11) is 0. The average molecular weight is 212 g/mol. The number of aliphatic hydroxyl groups is 1. The highest BCUT2D eigenvalue weighted by molar-refractivity contribution is 7.98. The number of rotatable bonds is 4. The predicted octanol–water partition coefficient (Wildman–Crippen LogP) is 1.99. The van der Waals surface area contributed by atoms with Crippen LogP contribution in [0, 0.1) is 0 Å². The second-order valence-electron chi connectivity index (χ2n) is 3.75. The highest BCUT2D eigenvalue weighted by Crippen LogP contribution is 2.15. The number of hydrogen-bond donors (Lipinski definition) is 2. The number of anilines is 1. The first-order valence-electron chi connectivity index (χ1n) is 4.47. The van der Waals surface area contributed by atoms with Crippen molar-refractivity contribution in [3.63, 3.8) is 0 Å². The van der Waals surface area contributed by atoms with Crippen molar-refractivity contribution in [2.45, 2.75) is 24.3 Å². The van der Waals surface area contributed by atoms with Gasteiger partial charge in [-0.05, 0) is 32.2 Å². The third-order valence-electron chi connectivity index (χ3n) is 1.67. The Kier molecular flexibility index (Phi) is 3.77. The van der Waals surface area contributed by atoms with Crippen molar-refractivity contribution in [1.82, 2.24) is 4.98 Å². The Morgan fingerprint density at radius 2 is 2.21 bits per heavy atom. The lowest BCUT2D eigenvalue weighted by Crippen LogP contribution is -2.29. The number of hydrogen-bond acceptors (Lipinski definition) is 4. The predicted molar refractivity (Wildman–Crippen MR) is 60.8 cm³/mol. The summed E-state index contributed by atoms with van der Waals surface area (Å²) in [5.41, 5.74) is -0.708. The van der Waals surface area contributed by atoms with Gasteiger partial charge in [-0.15, -0.1) is 11.8 Å². The highest BCUT2D eigenvalue weighted by Gasteiger charge is 2.11. The van der Waals surface area contributed by atoms with Gasteiger partial charge in [-0.2, -0.15) is 0 Å². The Bertz CT molecular complexity index is 279. The molecular weight excluding hydrogens is 196 g/mol. The molecule has 0 bridgehead atoms. The highest BCUT2D eigenvalue weighted by atomic mass is 32.2. The first kappa shape index (κ1) is 11.3. The lowest BCUT2D eigenvalue weighted by molar-refractivity contribution is 0.0944. The molecule has 0 saturated heterocycles. The smallest absolute Gasteiger partial charge is 0.126 e. The molecule has 0 spiro atoms. The molecule has 78 valence electrons. The van der Waals surface area contributed by atoms with E-state index in [0.717, 1.165) is 10.7 Å². The van der Waals surface area contributed by atoms with E-state index in [1.54, 1.807) is 25.6 Å². The lowest BCUT2D eigenvalue weighted by Gasteiger charge is -2.17. The van der Waals surface area contributed by atoms with Crippen LogP contribution in [0.2, 0.25) is 0 Å². The molecule has 0 fully saturated rings. The Balaban J connectivity index is 2.52. The minimum Gasteiger partial charge on any atom is -0.389 e. The van der Waals surface area contributed by atoms with Gasteiger partial charge in [-0.1, -0.05) is 0 Å². The van der Waals surface area contributed by atoms with Crippen LogP contribution < -0.4 is 5.32 Å². The maximum Gasteiger partial charge on any atom is 0.126 e.